The molecule has 2 N–H and O–H groups in total. The quantitative estimate of drug-likeness (QED) is 0.557. The third-order valence-corrected chi connectivity index (χ3v) is 9.77. The number of halogens is 4. The summed E-state index contributed by atoms with van der Waals surface area (Å²) in [6.45, 7) is 1.90. The molecule has 2 aliphatic carbocycles. The summed E-state index contributed by atoms with van der Waals surface area (Å²) in [6, 6.07) is 4.93. The van der Waals surface area contributed by atoms with Gasteiger partial charge in [-0.2, -0.15) is 0 Å². The van der Waals surface area contributed by atoms with Gasteiger partial charge >= 0.3 is 0 Å². The number of amides is 1. The molecule has 1 amide bonds. The molecule has 33 heavy (non-hydrogen) atoms. The second-order valence-corrected chi connectivity index (χ2v) is 11.4. The molecule has 0 heterocycles. The molecule has 0 aromatic heterocycles. The fraction of sp³-hybridized carbons (Fsp3) is 0.435. The van der Waals surface area contributed by atoms with Gasteiger partial charge in [-0.3, -0.25) is 4.79 Å². The van der Waals surface area contributed by atoms with Crippen LogP contribution in [-0.4, -0.2) is 30.3 Å². The SMILES string of the molecule is CCC1(O)C2CCC1CC(S(=O)(=O)c1cc(C(=O)Nc3cc(F)c(F)c(F)c3)ccc1Cl)C2. The van der Waals surface area contributed by atoms with Crippen LogP contribution in [0.1, 0.15) is 49.4 Å². The average molecular weight is 502 g/mol. The molecule has 2 aliphatic rings. The summed E-state index contributed by atoms with van der Waals surface area (Å²) in [4.78, 5) is 12.4. The summed E-state index contributed by atoms with van der Waals surface area (Å²) in [5.41, 5.74) is -1.26. The monoisotopic (exact) mass is 501 g/mol. The first-order valence-electron chi connectivity index (χ1n) is 10.7. The van der Waals surface area contributed by atoms with Gasteiger partial charge in [-0.05, 0) is 62.1 Å². The van der Waals surface area contributed by atoms with E-state index in [-0.39, 0.29) is 33.0 Å². The van der Waals surface area contributed by atoms with E-state index < -0.39 is 44.0 Å². The minimum Gasteiger partial charge on any atom is -0.389 e. The van der Waals surface area contributed by atoms with Crippen molar-refractivity contribution >= 4 is 33.0 Å². The molecule has 10 heteroatoms. The Labute approximate surface area is 194 Å². The largest absolute Gasteiger partial charge is 0.389 e. The summed E-state index contributed by atoms with van der Waals surface area (Å²) in [5.74, 6) is -5.67. The van der Waals surface area contributed by atoms with Crippen molar-refractivity contribution in [3.8, 4) is 0 Å². The van der Waals surface area contributed by atoms with Gasteiger partial charge in [0.25, 0.3) is 5.91 Å². The summed E-state index contributed by atoms with van der Waals surface area (Å²) in [6.07, 6.45) is 2.72. The van der Waals surface area contributed by atoms with Gasteiger partial charge in [0.1, 0.15) is 0 Å². The van der Waals surface area contributed by atoms with Crippen LogP contribution >= 0.6 is 11.6 Å². The number of carbonyl (C=O) groups excluding carboxylic acids is 1. The number of aliphatic hydroxyl groups is 1. The van der Waals surface area contributed by atoms with E-state index in [1.807, 2.05) is 6.92 Å². The van der Waals surface area contributed by atoms with Gasteiger partial charge in [0, 0.05) is 23.4 Å². The van der Waals surface area contributed by atoms with Crippen molar-refractivity contribution in [3.63, 3.8) is 0 Å². The van der Waals surface area contributed by atoms with Gasteiger partial charge in [-0.15, -0.1) is 0 Å². The van der Waals surface area contributed by atoms with E-state index in [1.165, 1.54) is 12.1 Å². The lowest BCUT2D eigenvalue weighted by Crippen LogP contribution is -2.47. The average Bonchev–Trinajstić information content (AvgIpc) is 2.93. The van der Waals surface area contributed by atoms with Crippen molar-refractivity contribution < 1.29 is 31.5 Å². The van der Waals surface area contributed by atoms with Crippen LogP contribution in [-0.2, 0) is 9.84 Å². The van der Waals surface area contributed by atoms with Crippen LogP contribution in [0.5, 0.6) is 0 Å². The third kappa shape index (κ3) is 4.15. The first kappa shape index (κ1) is 24.0. The minimum absolute atomic E-state index is 0.0471. The van der Waals surface area contributed by atoms with Crippen LogP contribution in [0.4, 0.5) is 18.9 Å². The first-order valence-corrected chi connectivity index (χ1v) is 12.6. The van der Waals surface area contributed by atoms with E-state index in [2.05, 4.69) is 5.32 Å². The van der Waals surface area contributed by atoms with Crippen molar-refractivity contribution in [2.75, 3.05) is 5.32 Å². The van der Waals surface area contributed by atoms with Crippen molar-refractivity contribution in [1.29, 1.82) is 0 Å². The van der Waals surface area contributed by atoms with Gasteiger partial charge in [0.05, 0.1) is 20.8 Å². The number of fused-ring (bicyclic) bond motifs is 2. The molecule has 2 atom stereocenters. The van der Waals surface area contributed by atoms with Crippen LogP contribution in [0.3, 0.4) is 0 Å². The topological polar surface area (TPSA) is 83.5 Å². The molecule has 0 saturated heterocycles. The summed E-state index contributed by atoms with van der Waals surface area (Å²) in [7, 11) is -3.92. The second kappa shape index (κ2) is 8.60. The molecule has 0 aliphatic heterocycles. The second-order valence-electron chi connectivity index (χ2n) is 8.81. The van der Waals surface area contributed by atoms with Crippen LogP contribution in [0, 0.1) is 29.3 Å². The molecule has 4 rings (SSSR count). The lowest BCUT2D eigenvalue weighted by Gasteiger charge is -2.42. The lowest BCUT2D eigenvalue weighted by atomic mass is 9.73. The molecule has 178 valence electrons. The number of carbonyl (C=O) groups is 1. The third-order valence-electron chi connectivity index (χ3n) is 7.12. The van der Waals surface area contributed by atoms with Crippen molar-refractivity contribution in [1.82, 2.24) is 0 Å². The Hall–Kier alpha value is -2.10. The van der Waals surface area contributed by atoms with Crippen LogP contribution < -0.4 is 5.32 Å². The van der Waals surface area contributed by atoms with Gasteiger partial charge in [-0.25, -0.2) is 21.6 Å². The number of rotatable bonds is 5. The van der Waals surface area contributed by atoms with E-state index in [9.17, 15) is 31.5 Å². The Morgan fingerprint density at radius 1 is 1.12 bits per heavy atom. The number of nitrogens with one attached hydrogen (secondary N) is 1. The fourth-order valence-corrected chi connectivity index (χ4v) is 7.72. The van der Waals surface area contributed by atoms with Crippen LogP contribution in [0.25, 0.3) is 0 Å². The summed E-state index contributed by atoms with van der Waals surface area (Å²) in [5, 5.41) is 12.4. The van der Waals surface area contributed by atoms with Crippen LogP contribution in [0.2, 0.25) is 5.02 Å². The molecule has 0 radical (unpaired) electrons. The van der Waals surface area contributed by atoms with E-state index >= 15 is 0 Å². The normalized spacial score (nSPS) is 26.9. The number of benzene rings is 2. The Bertz CT molecular complexity index is 1180. The zero-order valence-electron chi connectivity index (χ0n) is 17.7. The standard InChI is InChI=1S/C23H23ClF3NO4S/c1-2-23(30)13-4-5-14(23)9-16(8-13)33(31,32)20-7-12(3-6-17(20)24)22(29)28-15-10-18(25)21(27)19(26)11-15/h3,6-7,10-11,13-14,16,30H,2,4-5,8-9H2,1H3,(H,28,29). The van der Waals surface area contributed by atoms with Crippen molar-refractivity contribution in [2.24, 2.45) is 11.8 Å². The Morgan fingerprint density at radius 2 is 1.70 bits per heavy atom. The van der Waals surface area contributed by atoms with E-state index in [4.69, 9.17) is 11.6 Å². The Balaban J connectivity index is 1.60. The molecule has 2 unspecified atom stereocenters. The smallest absolute Gasteiger partial charge is 0.255 e. The lowest BCUT2D eigenvalue weighted by molar-refractivity contribution is -0.0610. The molecule has 2 aromatic rings. The molecule has 5 nitrogen and oxygen atoms in total. The zero-order chi connectivity index (χ0) is 24.1. The van der Waals surface area contributed by atoms with Gasteiger partial charge in [-0.1, -0.05) is 18.5 Å². The summed E-state index contributed by atoms with van der Waals surface area (Å²) >= 11 is 6.19. The molecular formula is C23H23ClF3NO4S. The molecule has 2 bridgehead atoms. The maximum absolute atomic E-state index is 13.4. The van der Waals surface area contributed by atoms with E-state index in [1.54, 1.807) is 0 Å². The molecular weight excluding hydrogens is 479 g/mol. The number of anilines is 1. The molecule has 2 saturated carbocycles. The van der Waals surface area contributed by atoms with Crippen LogP contribution in [0.15, 0.2) is 35.2 Å². The number of hydrogen-bond donors (Lipinski definition) is 2. The summed E-state index contributed by atoms with van der Waals surface area (Å²) < 4.78 is 66.9. The highest BCUT2D eigenvalue weighted by Crippen LogP contribution is 2.53. The molecule has 2 aromatic carbocycles. The highest BCUT2D eigenvalue weighted by Gasteiger charge is 2.54. The maximum atomic E-state index is 13.4. The van der Waals surface area contributed by atoms with Crippen molar-refractivity contribution in [2.45, 2.75) is 54.8 Å². The Kier molecular flexibility index (Phi) is 6.26. The predicted octanol–water partition coefficient (Wildman–Crippen LogP) is 5.11. The maximum Gasteiger partial charge on any atom is 0.255 e. The van der Waals surface area contributed by atoms with E-state index in [0.29, 0.717) is 31.4 Å². The highest BCUT2D eigenvalue weighted by atomic mass is 35.5. The number of hydrogen-bond acceptors (Lipinski definition) is 4. The predicted molar refractivity (Wildman–Crippen MR) is 117 cm³/mol. The zero-order valence-corrected chi connectivity index (χ0v) is 19.3. The van der Waals surface area contributed by atoms with Crippen molar-refractivity contribution in [3.05, 3.63) is 58.4 Å². The van der Waals surface area contributed by atoms with Gasteiger partial charge < -0.3 is 10.4 Å². The molecule has 2 fully saturated rings. The first-order chi connectivity index (χ1) is 15.5. The highest BCUT2D eigenvalue weighted by molar-refractivity contribution is 7.92. The number of sulfone groups is 1. The minimum atomic E-state index is -3.92. The fourth-order valence-electron chi connectivity index (χ4n) is 5.31. The van der Waals surface area contributed by atoms with Gasteiger partial charge in [0.2, 0.25) is 0 Å². The van der Waals surface area contributed by atoms with E-state index in [0.717, 1.165) is 18.9 Å². The van der Waals surface area contributed by atoms with Gasteiger partial charge in [0.15, 0.2) is 27.3 Å². The Morgan fingerprint density at radius 3 is 2.24 bits per heavy atom. The molecule has 0 spiro atoms.